The van der Waals surface area contributed by atoms with Crippen LogP contribution in [-0.2, 0) is 0 Å². The molecule has 0 bridgehead atoms. The van der Waals surface area contributed by atoms with Crippen molar-refractivity contribution in [1.82, 2.24) is 14.9 Å². The first-order chi connectivity index (χ1) is 12.4. The fourth-order valence-corrected chi connectivity index (χ4v) is 2.61. The van der Waals surface area contributed by atoms with E-state index in [9.17, 15) is 19.3 Å². The molecule has 0 aliphatic carbocycles. The average molecular weight is 360 g/mol. The largest absolute Gasteiger partial charge is 0.354 e. The first kappa shape index (κ1) is 17.7. The summed E-state index contributed by atoms with van der Waals surface area (Å²) < 4.78 is 13.4. The van der Waals surface area contributed by atoms with Gasteiger partial charge in [0.25, 0.3) is 5.91 Å². The summed E-state index contributed by atoms with van der Waals surface area (Å²) in [7, 11) is 2.04. The van der Waals surface area contributed by atoms with Gasteiger partial charge < -0.3 is 15.1 Å². The van der Waals surface area contributed by atoms with Gasteiger partial charge in [-0.3, -0.25) is 14.9 Å². The van der Waals surface area contributed by atoms with Gasteiger partial charge in [-0.15, -0.1) is 0 Å². The first-order valence-corrected chi connectivity index (χ1v) is 7.95. The van der Waals surface area contributed by atoms with E-state index < -0.39 is 22.3 Å². The van der Waals surface area contributed by atoms with Crippen LogP contribution in [0.2, 0.25) is 0 Å². The van der Waals surface area contributed by atoms with Crippen LogP contribution < -0.4 is 10.2 Å². The number of carbonyl (C=O) groups excluding carboxylic acids is 1. The van der Waals surface area contributed by atoms with Gasteiger partial charge in [-0.05, 0) is 19.2 Å². The van der Waals surface area contributed by atoms with Crippen molar-refractivity contribution in [3.63, 3.8) is 0 Å². The fourth-order valence-electron chi connectivity index (χ4n) is 2.61. The molecule has 1 aromatic carbocycles. The second-order valence-electron chi connectivity index (χ2n) is 5.93. The molecule has 1 aliphatic heterocycles. The number of halogens is 1. The van der Waals surface area contributed by atoms with Crippen molar-refractivity contribution in [3.8, 4) is 0 Å². The predicted molar refractivity (Wildman–Crippen MR) is 92.7 cm³/mol. The van der Waals surface area contributed by atoms with E-state index in [0.717, 1.165) is 38.3 Å². The van der Waals surface area contributed by atoms with Crippen molar-refractivity contribution in [2.75, 3.05) is 43.4 Å². The van der Waals surface area contributed by atoms with E-state index in [1.807, 2.05) is 7.05 Å². The number of hydrogen-bond acceptors (Lipinski definition) is 7. The zero-order chi connectivity index (χ0) is 18.7. The lowest BCUT2D eigenvalue weighted by molar-refractivity contribution is -0.387. The minimum absolute atomic E-state index is 0.114. The summed E-state index contributed by atoms with van der Waals surface area (Å²) in [4.78, 5) is 34.7. The molecule has 1 aromatic heterocycles. The molecule has 136 valence electrons. The Hall–Kier alpha value is -3.14. The number of likely N-dealkylation sites (N-methyl/N-ethyl adjacent to an activating group) is 1. The molecule has 0 unspecified atom stereocenters. The Morgan fingerprint density at radius 3 is 2.65 bits per heavy atom. The smallest absolute Gasteiger partial charge is 0.306 e. The van der Waals surface area contributed by atoms with Gasteiger partial charge in [0.2, 0.25) is 5.82 Å². The van der Waals surface area contributed by atoms with Crippen molar-refractivity contribution in [2.24, 2.45) is 0 Å². The summed E-state index contributed by atoms with van der Waals surface area (Å²) >= 11 is 0. The molecule has 26 heavy (non-hydrogen) atoms. The van der Waals surface area contributed by atoms with Gasteiger partial charge >= 0.3 is 5.69 Å². The molecule has 0 spiro atoms. The Morgan fingerprint density at radius 1 is 1.23 bits per heavy atom. The van der Waals surface area contributed by atoms with Crippen LogP contribution in [0.4, 0.5) is 21.6 Å². The van der Waals surface area contributed by atoms with Crippen LogP contribution in [0.1, 0.15) is 10.5 Å². The van der Waals surface area contributed by atoms with Crippen molar-refractivity contribution in [2.45, 2.75) is 0 Å². The number of nitrogens with zero attached hydrogens (tertiary/aromatic N) is 5. The number of benzene rings is 1. The van der Waals surface area contributed by atoms with E-state index in [4.69, 9.17) is 0 Å². The highest BCUT2D eigenvalue weighted by molar-refractivity contribution is 6.03. The molecule has 1 fully saturated rings. The Balaban J connectivity index is 1.75. The molecule has 2 heterocycles. The number of hydrogen-bond donors (Lipinski definition) is 1. The van der Waals surface area contributed by atoms with Crippen LogP contribution in [-0.4, -0.2) is 58.9 Å². The molecule has 3 rings (SSSR count). The third kappa shape index (κ3) is 3.91. The quantitative estimate of drug-likeness (QED) is 0.651. The van der Waals surface area contributed by atoms with Crippen molar-refractivity contribution >= 4 is 23.1 Å². The molecule has 1 saturated heterocycles. The zero-order valence-corrected chi connectivity index (χ0v) is 14.1. The van der Waals surface area contributed by atoms with Crippen LogP contribution in [0.5, 0.6) is 0 Å². The maximum Gasteiger partial charge on any atom is 0.306 e. The highest BCUT2D eigenvalue weighted by Gasteiger charge is 2.19. The van der Waals surface area contributed by atoms with Gasteiger partial charge in [-0.1, -0.05) is 0 Å². The summed E-state index contributed by atoms with van der Waals surface area (Å²) in [6, 6.07) is 4.72. The van der Waals surface area contributed by atoms with Crippen molar-refractivity contribution in [3.05, 3.63) is 52.2 Å². The molecule has 0 radical (unpaired) electrons. The number of rotatable bonds is 4. The first-order valence-electron chi connectivity index (χ1n) is 7.95. The minimum Gasteiger partial charge on any atom is -0.354 e. The van der Waals surface area contributed by atoms with Crippen LogP contribution in [0.3, 0.4) is 0 Å². The number of amides is 1. The molecular weight excluding hydrogens is 343 g/mol. The van der Waals surface area contributed by atoms with Crippen LogP contribution >= 0.6 is 0 Å². The fraction of sp³-hybridized carbons (Fsp3) is 0.312. The van der Waals surface area contributed by atoms with Gasteiger partial charge in [-0.25, -0.2) is 9.97 Å². The average Bonchev–Trinajstić information content (AvgIpc) is 2.64. The minimum atomic E-state index is -0.965. The normalized spacial score (nSPS) is 14.9. The van der Waals surface area contributed by atoms with Crippen LogP contribution in [0, 0.1) is 15.9 Å². The number of nitrogens with one attached hydrogen (secondary N) is 1. The molecular formula is C16H17FN6O3. The Morgan fingerprint density at radius 2 is 1.96 bits per heavy atom. The SMILES string of the molecule is CN1CCN(c2cc(C(=O)Nc3ccc(F)c([N+](=O)[O-])c3)ncn2)CC1. The second kappa shape index (κ2) is 7.40. The summed E-state index contributed by atoms with van der Waals surface area (Å²) in [6.07, 6.45) is 1.30. The van der Waals surface area contributed by atoms with Gasteiger partial charge in [0.05, 0.1) is 4.92 Å². The Labute approximate surface area is 148 Å². The third-order valence-corrected chi connectivity index (χ3v) is 4.11. The summed E-state index contributed by atoms with van der Waals surface area (Å²) in [6.45, 7) is 3.37. The number of aromatic nitrogens is 2. The van der Waals surface area contributed by atoms with Gasteiger partial charge in [0.1, 0.15) is 17.8 Å². The second-order valence-corrected chi connectivity index (χ2v) is 5.93. The molecule has 0 atom stereocenters. The summed E-state index contributed by atoms with van der Waals surface area (Å²) in [5.74, 6) is -0.876. The number of nitro groups is 1. The maximum atomic E-state index is 13.4. The predicted octanol–water partition coefficient (Wildman–Crippen LogP) is 1.53. The van der Waals surface area contributed by atoms with Gasteiger partial charge in [0, 0.05) is 44.0 Å². The van der Waals surface area contributed by atoms with Crippen molar-refractivity contribution < 1.29 is 14.1 Å². The van der Waals surface area contributed by atoms with E-state index >= 15 is 0 Å². The third-order valence-electron chi connectivity index (χ3n) is 4.11. The monoisotopic (exact) mass is 360 g/mol. The number of anilines is 2. The van der Waals surface area contributed by atoms with E-state index in [1.165, 1.54) is 12.4 Å². The molecule has 9 nitrogen and oxygen atoms in total. The van der Waals surface area contributed by atoms with Crippen LogP contribution in [0.25, 0.3) is 0 Å². The van der Waals surface area contributed by atoms with E-state index in [0.29, 0.717) is 5.82 Å². The molecule has 1 amide bonds. The zero-order valence-electron chi connectivity index (χ0n) is 14.1. The molecule has 2 aromatic rings. The Bertz CT molecular complexity index is 838. The number of piperazine rings is 1. The van der Waals surface area contributed by atoms with Gasteiger partial charge in [-0.2, -0.15) is 4.39 Å². The van der Waals surface area contributed by atoms with E-state index in [1.54, 1.807) is 6.07 Å². The number of carbonyl (C=O) groups is 1. The lowest BCUT2D eigenvalue weighted by Crippen LogP contribution is -2.44. The topological polar surface area (TPSA) is 104 Å². The lowest BCUT2D eigenvalue weighted by atomic mass is 10.2. The summed E-state index contributed by atoms with van der Waals surface area (Å²) in [5, 5.41) is 13.3. The summed E-state index contributed by atoms with van der Waals surface area (Å²) in [5.41, 5.74) is -0.465. The Kier molecular flexibility index (Phi) is 5.03. The number of nitro benzene ring substituents is 1. The highest BCUT2D eigenvalue weighted by Crippen LogP contribution is 2.22. The lowest BCUT2D eigenvalue weighted by Gasteiger charge is -2.33. The maximum absolute atomic E-state index is 13.4. The van der Waals surface area contributed by atoms with Crippen LogP contribution in [0.15, 0.2) is 30.6 Å². The van der Waals surface area contributed by atoms with E-state index in [-0.39, 0.29) is 11.4 Å². The highest BCUT2D eigenvalue weighted by atomic mass is 19.1. The van der Waals surface area contributed by atoms with Gasteiger partial charge in [0.15, 0.2) is 0 Å². The van der Waals surface area contributed by atoms with E-state index in [2.05, 4.69) is 25.1 Å². The molecule has 1 aliphatic rings. The van der Waals surface area contributed by atoms with Crippen molar-refractivity contribution in [1.29, 1.82) is 0 Å². The molecule has 1 N–H and O–H groups in total. The molecule has 0 saturated carbocycles. The molecule has 10 heteroatoms. The standard InChI is InChI=1S/C16H17FN6O3/c1-21-4-6-22(7-5-21)15-9-13(18-10-19-15)16(24)20-11-2-3-12(17)14(8-11)23(25)26/h2-3,8-10H,4-7H2,1H3,(H,20,24).